The zero-order chi connectivity index (χ0) is 21.1. The lowest BCUT2D eigenvalue weighted by molar-refractivity contribution is -0.384. The highest BCUT2D eigenvalue weighted by atomic mass is 35.5. The van der Waals surface area contributed by atoms with E-state index in [1.807, 2.05) is 19.1 Å². The number of thioether (sulfide) groups is 1. The van der Waals surface area contributed by atoms with Crippen LogP contribution in [-0.2, 0) is 4.79 Å². The summed E-state index contributed by atoms with van der Waals surface area (Å²) in [6.45, 7) is 2.17. The summed E-state index contributed by atoms with van der Waals surface area (Å²) in [5.74, 6) is 0.125. The predicted octanol–water partition coefficient (Wildman–Crippen LogP) is 5.33. The minimum Gasteiger partial charge on any atom is -0.492 e. The summed E-state index contributed by atoms with van der Waals surface area (Å²) in [5, 5.41) is 10.6. The van der Waals surface area contributed by atoms with Gasteiger partial charge in [-0.05, 0) is 43.0 Å². The summed E-state index contributed by atoms with van der Waals surface area (Å²) >= 11 is 12.6. The summed E-state index contributed by atoms with van der Waals surface area (Å²) < 4.78 is 5.56. The second kappa shape index (κ2) is 8.86. The number of benzene rings is 2. The second-order valence-corrected chi connectivity index (χ2v) is 7.88. The van der Waals surface area contributed by atoms with E-state index in [1.54, 1.807) is 12.1 Å². The summed E-state index contributed by atoms with van der Waals surface area (Å²) in [6.07, 6.45) is 1.34. The Balaban J connectivity index is 1.72. The lowest BCUT2D eigenvalue weighted by Gasteiger charge is -2.13. The van der Waals surface area contributed by atoms with Gasteiger partial charge in [0, 0.05) is 16.7 Å². The van der Waals surface area contributed by atoms with E-state index in [0.717, 1.165) is 22.2 Å². The molecule has 2 aromatic rings. The van der Waals surface area contributed by atoms with Gasteiger partial charge in [-0.25, -0.2) is 0 Å². The molecular weight excluding hydrogens is 439 g/mol. The van der Waals surface area contributed by atoms with E-state index in [1.165, 1.54) is 18.2 Å². The topological polar surface area (TPSA) is 89.8 Å². The zero-order valence-corrected chi connectivity index (χ0v) is 17.4. The van der Waals surface area contributed by atoms with Gasteiger partial charge in [-0.15, -0.1) is 0 Å². The number of ether oxygens (including phenoxy) is 1. The number of nitro groups is 1. The number of carbonyl (C=O) groups excluding carboxylic acids is 2. The molecule has 0 bridgehead atoms. The van der Waals surface area contributed by atoms with E-state index in [9.17, 15) is 19.7 Å². The first-order chi connectivity index (χ1) is 13.8. The molecule has 0 spiro atoms. The summed E-state index contributed by atoms with van der Waals surface area (Å²) in [6, 6.07) is 9.79. The smallest absolute Gasteiger partial charge is 0.293 e. The molecule has 0 aliphatic carbocycles. The maximum atomic E-state index is 12.6. The SMILES string of the molecule is Cc1ccc(OCCN2C(=O)S/C(=C\c3cc([N+](=O)[O-])c(Cl)cc3Cl)C2=O)cc1. The highest BCUT2D eigenvalue weighted by Crippen LogP contribution is 2.36. The van der Waals surface area contributed by atoms with Crippen molar-refractivity contribution in [3.63, 3.8) is 0 Å². The molecule has 0 saturated carbocycles. The predicted molar refractivity (Wildman–Crippen MR) is 112 cm³/mol. The fraction of sp³-hybridized carbons (Fsp3) is 0.158. The highest BCUT2D eigenvalue weighted by molar-refractivity contribution is 8.18. The molecule has 150 valence electrons. The third-order valence-corrected chi connectivity index (χ3v) is 5.57. The number of hydrogen-bond donors (Lipinski definition) is 0. The molecule has 0 radical (unpaired) electrons. The first-order valence-corrected chi connectivity index (χ1v) is 9.92. The lowest BCUT2D eigenvalue weighted by atomic mass is 10.2. The molecule has 2 aromatic carbocycles. The van der Waals surface area contributed by atoms with Gasteiger partial charge in [-0.3, -0.25) is 24.6 Å². The van der Waals surface area contributed by atoms with Crippen molar-refractivity contribution in [1.29, 1.82) is 0 Å². The Labute approximate surface area is 180 Å². The van der Waals surface area contributed by atoms with Crippen LogP contribution in [0.1, 0.15) is 11.1 Å². The van der Waals surface area contributed by atoms with E-state index in [0.29, 0.717) is 5.75 Å². The molecule has 1 heterocycles. The standard InChI is InChI=1S/C19H14Cl2N2O5S/c1-11-2-4-13(5-3-11)28-7-6-22-18(24)17(29-19(22)25)9-12-8-16(23(26)27)15(21)10-14(12)20/h2-5,8-10H,6-7H2,1H3/b17-9-. The van der Waals surface area contributed by atoms with Gasteiger partial charge in [-0.2, -0.15) is 0 Å². The van der Waals surface area contributed by atoms with Crippen LogP contribution in [0.25, 0.3) is 6.08 Å². The van der Waals surface area contributed by atoms with Crippen LogP contribution in [0.5, 0.6) is 5.75 Å². The fourth-order valence-corrected chi connectivity index (χ4v) is 3.89. The van der Waals surface area contributed by atoms with Gasteiger partial charge < -0.3 is 4.74 Å². The van der Waals surface area contributed by atoms with Crippen molar-refractivity contribution < 1.29 is 19.2 Å². The molecule has 3 rings (SSSR count). The van der Waals surface area contributed by atoms with Crippen LogP contribution < -0.4 is 4.74 Å². The number of aryl methyl sites for hydroxylation is 1. The Kier molecular flexibility index (Phi) is 6.46. The van der Waals surface area contributed by atoms with E-state index in [2.05, 4.69) is 0 Å². The largest absolute Gasteiger partial charge is 0.492 e. The number of halogens is 2. The van der Waals surface area contributed by atoms with Gasteiger partial charge in [0.25, 0.3) is 16.8 Å². The Morgan fingerprint density at radius 2 is 1.86 bits per heavy atom. The van der Waals surface area contributed by atoms with Gasteiger partial charge in [0.05, 0.1) is 16.4 Å². The first kappa shape index (κ1) is 21.2. The maximum Gasteiger partial charge on any atom is 0.293 e. The monoisotopic (exact) mass is 452 g/mol. The molecule has 0 N–H and O–H groups in total. The quantitative estimate of drug-likeness (QED) is 0.334. The molecule has 10 heteroatoms. The first-order valence-electron chi connectivity index (χ1n) is 8.34. The molecule has 0 atom stereocenters. The number of carbonyl (C=O) groups is 2. The van der Waals surface area contributed by atoms with Crippen molar-refractivity contribution in [2.24, 2.45) is 0 Å². The Morgan fingerprint density at radius 3 is 2.52 bits per heavy atom. The summed E-state index contributed by atoms with van der Waals surface area (Å²) in [5.41, 5.74) is 0.978. The van der Waals surface area contributed by atoms with Crippen molar-refractivity contribution >= 4 is 57.9 Å². The summed E-state index contributed by atoms with van der Waals surface area (Å²) in [7, 11) is 0. The van der Waals surface area contributed by atoms with Crippen LogP contribution in [0.15, 0.2) is 41.3 Å². The number of nitrogens with zero attached hydrogens (tertiary/aromatic N) is 2. The molecular formula is C19H14Cl2N2O5S. The summed E-state index contributed by atoms with van der Waals surface area (Å²) in [4.78, 5) is 36.3. The average Bonchev–Trinajstić information content (AvgIpc) is 2.92. The molecule has 0 unspecified atom stereocenters. The Hall–Kier alpha value is -2.55. The van der Waals surface area contributed by atoms with Crippen LogP contribution in [0.3, 0.4) is 0 Å². The van der Waals surface area contributed by atoms with Crippen molar-refractivity contribution in [2.75, 3.05) is 13.2 Å². The molecule has 29 heavy (non-hydrogen) atoms. The van der Waals surface area contributed by atoms with Crippen molar-refractivity contribution in [1.82, 2.24) is 4.90 Å². The van der Waals surface area contributed by atoms with Crippen molar-refractivity contribution in [3.05, 3.63) is 72.6 Å². The van der Waals surface area contributed by atoms with Crippen LogP contribution in [0.4, 0.5) is 10.5 Å². The van der Waals surface area contributed by atoms with E-state index < -0.39 is 16.1 Å². The molecule has 1 aliphatic heterocycles. The van der Waals surface area contributed by atoms with Crippen LogP contribution in [-0.4, -0.2) is 34.1 Å². The molecule has 2 amide bonds. The Bertz CT molecular complexity index is 1020. The van der Waals surface area contributed by atoms with Crippen LogP contribution in [0.2, 0.25) is 10.0 Å². The van der Waals surface area contributed by atoms with Gasteiger partial charge in [0.15, 0.2) is 0 Å². The highest BCUT2D eigenvalue weighted by Gasteiger charge is 2.35. The number of hydrogen-bond acceptors (Lipinski definition) is 6. The second-order valence-electron chi connectivity index (χ2n) is 6.08. The fourth-order valence-electron chi connectivity index (χ4n) is 2.53. The van der Waals surface area contributed by atoms with Crippen LogP contribution >= 0.6 is 35.0 Å². The molecule has 7 nitrogen and oxygen atoms in total. The molecule has 0 aromatic heterocycles. The maximum absolute atomic E-state index is 12.6. The van der Waals surface area contributed by atoms with Gasteiger partial charge in [-0.1, -0.05) is 40.9 Å². The molecule has 1 aliphatic rings. The lowest BCUT2D eigenvalue weighted by Crippen LogP contribution is -2.32. The minimum absolute atomic E-state index is 0.0738. The third-order valence-electron chi connectivity index (χ3n) is 4.03. The third kappa shape index (κ3) is 4.90. The van der Waals surface area contributed by atoms with E-state index in [-0.39, 0.29) is 39.4 Å². The number of amides is 2. The van der Waals surface area contributed by atoms with Gasteiger partial charge in [0.1, 0.15) is 17.4 Å². The normalized spacial score (nSPS) is 15.3. The number of rotatable bonds is 6. The van der Waals surface area contributed by atoms with Crippen LogP contribution in [0, 0.1) is 17.0 Å². The Morgan fingerprint density at radius 1 is 1.17 bits per heavy atom. The van der Waals surface area contributed by atoms with Crippen molar-refractivity contribution in [2.45, 2.75) is 6.92 Å². The van der Waals surface area contributed by atoms with Gasteiger partial charge in [0.2, 0.25) is 0 Å². The number of nitro benzene ring substituents is 1. The van der Waals surface area contributed by atoms with Gasteiger partial charge >= 0.3 is 0 Å². The molecule has 1 saturated heterocycles. The van der Waals surface area contributed by atoms with E-state index >= 15 is 0 Å². The average molecular weight is 453 g/mol. The molecule has 1 fully saturated rings. The van der Waals surface area contributed by atoms with Crippen molar-refractivity contribution in [3.8, 4) is 5.75 Å². The van der Waals surface area contributed by atoms with E-state index in [4.69, 9.17) is 27.9 Å². The number of imide groups is 1. The minimum atomic E-state index is -0.649. The zero-order valence-electron chi connectivity index (χ0n) is 15.1.